The molecule has 4 heteroatoms. The van der Waals surface area contributed by atoms with E-state index >= 15 is 0 Å². The first-order valence-electron chi connectivity index (χ1n) is 6.11. The molecule has 18 heavy (non-hydrogen) atoms. The average Bonchev–Trinajstić information content (AvgIpc) is 2.85. The van der Waals surface area contributed by atoms with Crippen molar-refractivity contribution in [3.8, 4) is 0 Å². The van der Waals surface area contributed by atoms with E-state index in [2.05, 4.69) is 5.32 Å². The minimum absolute atomic E-state index is 0.330. The van der Waals surface area contributed by atoms with Gasteiger partial charge in [0.2, 0.25) is 0 Å². The van der Waals surface area contributed by atoms with Gasteiger partial charge in [0.05, 0.1) is 0 Å². The monoisotopic (exact) mass is 267 g/mol. The highest BCUT2D eigenvalue weighted by Gasteiger charge is 2.35. The van der Waals surface area contributed by atoms with Crippen LogP contribution in [0.5, 0.6) is 0 Å². The fraction of sp³-hybridized carbons (Fsp3) is 0.429. The molecule has 0 aliphatic carbocycles. The van der Waals surface area contributed by atoms with Gasteiger partial charge < -0.3 is 10.4 Å². The number of alkyl halides is 1. The van der Waals surface area contributed by atoms with Crippen molar-refractivity contribution in [2.45, 2.75) is 25.5 Å². The van der Waals surface area contributed by atoms with Crippen molar-refractivity contribution in [1.82, 2.24) is 5.32 Å². The summed E-state index contributed by atoms with van der Waals surface area (Å²) in [5.74, 6) is 0. The summed E-state index contributed by atoms with van der Waals surface area (Å²) < 4.78 is 14.5. The zero-order valence-corrected chi connectivity index (χ0v) is 11.4. The molecule has 0 saturated heterocycles. The Morgan fingerprint density at radius 3 is 2.89 bits per heavy atom. The van der Waals surface area contributed by atoms with Crippen molar-refractivity contribution < 1.29 is 9.50 Å². The zero-order chi connectivity index (χ0) is 13.2. The fourth-order valence-electron chi connectivity index (χ4n) is 2.15. The van der Waals surface area contributed by atoms with Gasteiger partial charge in [-0.2, -0.15) is 0 Å². The lowest BCUT2D eigenvalue weighted by Gasteiger charge is -2.32. The zero-order valence-electron chi connectivity index (χ0n) is 10.6. The van der Waals surface area contributed by atoms with Gasteiger partial charge in [-0.3, -0.25) is 0 Å². The van der Waals surface area contributed by atoms with Crippen LogP contribution in [0.1, 0.15) is 19.4 Å². The molecule has 1 heterocycles. The molecule has 2 atom stereocenters. The molecule has 0 bridgehead atoms. The summed E-state index contributed by atoms with van der Waals surface area (Å²) in [6.45, 7) is 3.65. The summed E-state index contributed by atoms with van der Waals surface area (Å²) in [4.78, 5) is 0. The molecule has 2 unspecified atom stereocenters. The lowest BCUT2D eigenvalue weighted by Crippen LogP contribution is -2.48. The molecule has 0 radical (unpaired) electrons. The smallest absolute Gasteiger partial charge is 0.133 e. The lowest BCUT2D eigenvalue weighted by atomic mass is 9.88. The number of hydrogen-bond acceptors (Lipinski definition) is 3. The Bertz CT molecular complexity index is 527. The van der Waals surface area contributed by atoms with Crippen molar-refractivity contribution in [2.24, 2.45) is 0 Å². The standard InChI is InChI=1S/C14H18FNOS/c1-3-16-10(2)14(17,9-15)12-4-5-13-11(8-12)6-7-18-13/h4-8,10,16-17H,3,9H2,1-2H3. The van der Waals surface area contributed by atoms with Gasteiger partial charge in [-0.25, -0.2) is 4.39 Å². The van der Waals surface area contributed by atoms with Crippen LogP contribution in [-0.4, -0.2) is 24.4 Å². The first-order valence-corrected chi connectivity index (χ1v) is 6.99. The summed E-state index contributed by atoms with van der Waals surface area (Å²) in [5, 5.41) is 16.7. The van der Waals surface area contributed by atoms with E-state index in [9.17, 15) is 9.50 Å². The van der Waals surface area contributed by atoms with Crippen molar-refractivity contribution in [3.63, 3.8) is 0 Å². The first kappa shape index (κ1) is 13.5. The number of aliphatic hydroxyl groups is 1. The molecule has 0 saturated carbocycles. The molecule has 0 aliphatic rings. The summed E-state index contributed by atoms with van der Waals surface area (Å²) >= 11 is 1.64. The Hall–Kier alpha value is -0.970. The number of thiophene rings is 1. The fourth-order valence-corrected chi connectivity index (χ4v) is 2.92. The number of hydrogen-bond donors (Lipinski definition) is 2. The Morgan fingerprint density at radius 2 is 2.22 bits per heavy atom. The lowest BCUT2D eigenvalue weighted by molar-refractivity contribution is -0.0189. The quantitative estimate of drug-likeness (QED) is 0.872. The van der Waals surface area contributed by atoms with E-state index in [-0.39, 0.29) is 6.04 Å². The molecular weight excluding hydrogens is 249 g/mol. The molecule has 2 N–H and O–H groups in total. The Labute approximate surface area is 110 Å². The average molecular weight is 267 g/mol. The van der Waals surface area contributed by atoms with Crippen LogP contribution >= 0.6 is 11.3 Å². The van der Waals surface area contributed by atoms with Gasteiger partial charge in [0.1, 0.15) is 12.3 Å². The van der Waals surface area contributed by atoms with Gasteiger partial charge in [-0.1, -0.05) is 13.0 Å². The van der Waals surface area contributed by atoms with Crippen LogP contribution in [0.15, 0.2) is 29.6 Å². The Kier molecular flexibility index (Phi) is 4.00. The van der Waals surface area contributed by atoms with E-state index < -0.39 is 12.3 Å². The van der Waals surface area contributed by atoms with Crippen LogP contribution < -0.4 is 5.32 Å². The van der Waals surface area contributed by atoms with Gasteiger partial charge in [0.15, 0.2) is 0 Å². The second-order valence-corrected chi connectivity index (χ2v) is 5.46. The van der Waals surface area contributed by atoms with Crippen molar-refractivity contribution in [3.05, 3.63) is 35.2 Å². The van der Waals surface area contributed by atoms with Gasteiger partial charge in [-0.05, 0) is 48.0 Å². The molecule has 98 valence electrons. The second-order valence-electron chi connectivity index (χ2n) is 4.51. The highest BCUT2D eigenvalue weighted by atomic mass is 32.1. The van der Waals surface area contributed by atoms with E-state index in [1.54, 1.807) is 18.3 Å². The first-order chi connectivity index (χ1) is 8.61. The van der Waals surface area contributed by atoms with E-state index in [1.807, 2.05) is 36.6 Å². The van der Waals surface area contributed by atoms with E-state index in [0.29, 0.717) is 12.1 Å². The molecule has 2 rings (SSSR count). The maximum Gasteiger partial charge on any atom is 0.133 e. The van der Waals surface area contributed by atoms with Crippen molar-refractivity contribution in [1.29, 1.82) is 0 Å². The Balaban J connectivity index is 2.41. The van der Waals surface area contributed by atoms with Crippen LogP contribution in [-0.2, 0) is 5.60 Å². The van der Waals surface area contributed by atoms with Gasteiger partial charge in [0, 0.05) is 10.7 Å². The molecule has 1 aromatic carbocycles. The highest BCUT2D eigenvalue weighted by Crippen LogP contribution is 2.30. The van der Waals surface area contributed by atoms with E-state index in [0.717, 1.165) is 10.1 Å². The topological polar surface area (TPSA) is 32.3 Å². The molecule has 0 aliphatic heterocycles. The predicted molar refractivity (Wildman–Crippen MR) is 74.8 cm³/mol. The van der Waals surface area contributed by atoms with Crippen LogP contribution in [0.2, 0.25) is 0 Å². The molecule has 0 spiro atoms. The molecule has 0 fully saturated rings. The largest absolute Gasteiger partial charge is 0.381 e. The van der Waals surface area contributed by atoms with Crippen LogP contribution in [0.3, 0.4) is 0 Å². The number of fused-ring (bicyclic) bond motifs is 1. The van der Waals surface area contributed by atoms with Gasteiger partial charge in [0.25, 0.3) is 0 Å². The predicted octanol–water partition coefficient (Wildman–Crippen LogP) is 3.06. The van der Waals surface area contributed by atoms with Crippen LogP contribution in [0.25, 0.3) is 10.1 Å². The molecule has 0 amide bonds. The number of nitrogens with one attached hydrogen (secondary N) is 1. The molecule has 1 aromatic heterocycles. The number of likely N-dealkylation sites (N-methyl/N-ethyl adjacent to an activating group) is 1. The third-order valence-corrected chi connectivity index (χ3v) is 4.28. The summed E-state index contributed by atoms with van der Waals surface area (Å²) in [6, 6.07) is 7.28. The normalized spacial score (nSPS) is 16.7. The number of benzene rings is 1. The highest BCUT2D eigenvalue weighted by molar-refractivity contribution is 7.17. The van der Waals surface area contributed by atoms with Crippen LogP contribution in [0, 0.1) is 0 Å². The second kappa shape index (κ2) is 5.34. The maximum absolute atomic E-state index is 13.3. The van der Waals surface area contributed by atoms with Gasteiger partial charge in [-0.15, -0.1) is 11.3 Å². The van der Waals surface area contributed by atoms with Gasteiger partial charge >= 0.3 is 0 Å². The van der Waals surface area contributed by atoms with Crippen molar-refractivity contribution >= 4 is 21.4 Å². The van der Waals surface area contributed by atoms with Crippen molar-refractivity contribution in [2.75, 3.05) is 13.2 Å². The number of rotatable bonds is 5. The molecule has 2 nitrogen and oxygen atoms in total. The Morgan fingerprint density at radius 1 is 1.44 bits per heavy atom. The third-order valence-electron chi connectivity index (χ3n) is 3.38. The van der Waals surface area contributed by atoms with E-state index in [4.69, 9.17) is 0 Å². The van der Waals surface area contributed by atoms with Crippen LogP contribution in [0.4, 0.5) is 4.39 Å². The minimum Gasteiger partial charge on any atom is -0.381 e. The maximum atomic E-state index is 13.3. The summed E-state index contributed by atoms with van der Waals surface area (Å²) in [5.41, 5.74) is -0.837. The minimum atomic E-state index is -1.47. The third kappa shape index (κ3) is 2.28. The number of halogens is 1. The SMILES string of the molecule is CCNC(C)C(O)(CF)c1ccc2sccc2c1. The molecule has 2 aromatic rings. The molecular formula is C14H18FNOS. The summed E-state index contributed by atoms with van der Waals surface area (Å²) in [7, 11) is 0. The summed E-state index contributed by atoms with van der Waals surface area (Å²) in [6.07, 6.45) is 0. The van der Waals surface area contributed by atoms with E-state index in [1.165, 1.54) is 0 Å².